The normalized spacial score (nSPS) is 11.3. The number of aliphatic imine (C=N–C) groups is 2. The molecule has 0 fully saturated rings. The molecule has 19 heavy (non-hydrogen) atoms. The number of benzene rings is 1. The van der Waals surface area contributed by atoms with Crippen molar-refractivity contribution in [1.29, 1.82) is 0 Å². The van der Waals surface area contributed by atoms with E-state index in [1.165, 1.54) is 25.3 Å². The van der Waals surface area contributed by atoms with Crippen LogP contribution in [-0.4, -0.2) is 25.6 Å². The molecule has 0 aliphatic carbocycles. The molecule has 0 spiro atoms. The standard InChI is InChI=1S/C10H13F2N5O2/c1-18-7-4-5(16-10(15)17-9(13)14)2-3-6(7)19-8(11)12/h2-4,8H,1H3,(H6,13,14,15,16,17). The summed E-state index contributed by atoms with van der Waals surface area (Å²) >= 11 is 0. The van der Waals surface area contributed by atoms with Crippen LogP contribution in [-0.2, 0) is 0 Å². The van der Waals surface area contributed by atoms with Gasteiger partial charge >= 0.3 is 6.61 Å². The van der Waals surface area contributed by atoms with Crippen molar-refractivity contribution in [2.45, 2.75) is 6.61 Å². The van der Waals surface area contributed by atoms with Crippen molar-refractivity contribution < 1.29 is 18.3 Å². The zero-order valence-electron chi connectivity index (χ0n) is 10.0. The summed E-state index contributed by atoms with van der Waals surface area (Å²) in [6, 6.07) is 4.02. The average Bonchev–Trinajstić information content (AvgIpc) is 2.29. The van der Waals surface area contributed by atoms with Crippen molar-refractivity contribution in [2.75, 3.05) is 7.11 Å². The number of hydrogen-bond acceptors (Lipinski definition) is 3. The van der Waals surface area contributed by atoms with E-state index in [1.807, 2.05) is 0 Å². The monoisotopic (exact) mass is 273 g/mol. The van der Waals surface area contributed by atoms with Crippen LogP contribution in [0.2, 0.25) is 0 Å². The number of rotatable bonds is 4. The second-order valence-electron chi connectivity index (χ2n) is 3.22. The summed E-state index contributed by atoms with van der Waals surface area (Å²) in [5.41, 5.74) is 16.0. The number of nitrogens with two attached hydrogens (primary N) is 3. The Hall–Kier alpha value is -2.58. The van der Waals surface area contributed by atoms with Crippen molar-refractivity contribution in [3.63, 3.8) is 0 Å². The summed E-state index contributed by atoms with van der Waals surface area (Å²) in [6.07, 6.45) is 0. The maximum absolute atomic E-state index is 12.1. The van der Waals surface area contributed by atoms with Gasteiger partial charge < -0.3 is 26.7 Å². The number of hydrogen-bond donors (Lipinski definition) is 3. The Balaban J connectivity index is 3.03. The van der Waals surface area contributed by atoms with Crippen LogP contribution >= 0.6 is 0 Å². The molecule has 0 unspecified atom stereocenters. The molecule has 0 amide bonds. The predicted octanol–water partition coefficient (Wildman–Crippen LogP) is 0.516. The van der Waals surface area contributed by atoms with Gasteiger partial charge in [0.05, 0.1) is 12.8 Å². The molecule has 1 rings (SSSR count). The highest BCUT2D eigenvalue weighted by Gasteiger charge is 2.10. The molecule has 0 aromatic heterocycles. The topological polar surface area (TPSA) is 121 Å². The van der Waals surface area contributed by atoms with Crippen LogP contribution in [0.15, 0.2) is 28.2 Å². The van der Waals surface area contributed by atoms with Gasteiger partial charge in [-0.1, -0.05) is 0 Å². The molecule has 0 aliphatic rings. The van der Waals surface area contributed by atoms with Gasteiger partial charge in [-0.05, 0) is 12.1 Å². The predicted molar refractivity (Wildman–Crippen MR) is 66.7 cm³/mol. The molecule has 1 aromatic carbocycles. The summed E-state index contributed by atoms with van der Waals surface area (Å²) < 4.78 is 33.4. The zero-order chi connectivity index (χ0) is 14.4. The van der Waals surface area contributed by atoms with E-state index in [4.69, 9.17) is 21.9 Å². The zero-order valence-corrected chi connectivity index (χ0v) is 10.0. The van der Waals surface area contributed by atoms with Crippen molar-refractivity contribution in [1.82, 2.24) is 0 Å². The van der Waals surface area contributed by atoms with Crippen LogP contribution in [0, 0.1) is 0 Å². The third-order valence-corrected chi connectivity index (χ3v) is 1.85. The largest absolute Gasteiger partial charge is 0.493 e. The maximum atomic E-state index is 12.1. The number of alkyl halides is 2. The van der Waals surface area contributed by atoms with E-state index in [2.05, 4.69) is 14.7 Å². The lowest BCUT2D eigenvalue weighted by Gasteiger charge is -2.09. The molecule has 0 saturated heterocycles. The van der Waals surface area contributed by atoms with Crippen LogP contribution < -0.4 is 26.7 Å². The van der Waals surface area contributed by atoms with Gasteiger partial charge in [-0.15, -0.1) is 0 Å². The molecule has 7 nitrogen and oxygen atoms in total. The third-order valence-electron chi connectivity index (χ3n) is 1.85. The van der Waals surface area contributed by atoms with Gasteiger partial charge in [0.15, 0.2) is 17.5 Å². The number of guanidine groups is 2. The molecule has 9 heteroatoms. The number of ether oxygens (including phenoxy) is 2. The number of methoxy groups -OCH3 is 1. The lowest BCUT2D eigenvalue weighted by atomic mass is 10.3. The maximum Gasteiger partial charge on any atom is 0.387 e. The molecule has 104 valence electrons. The van der Waals surface area contributed by atoms with Crippen LogP contribution in [0.25, 0.3) is 0 Å². The van der Waals surface area contributed by atoms with Crippen molar-refractivity contribution in [2.24, 2.45) is 27.2 Å². The average molecular weight is 273 g/mol. The quantitative estimate of drug-likeness (QED) is 0.545. The minimum atomic E-state index is -2.95. The van der Waals surface area contributed by atoms with E-state index in [-0.39, 0.29) is 23.4 Å². The van der Waals surface area contributed by atoms with Crippen LogP contribution in [0.1, 0.15) is 0 Å². The minimum absolute atomic E-state index is 0.0825. The Labute approximate surface area is 107 Å². The van der Waals surface area contributed by atoms with E-state index in [1.54, 1.807) is 0 Å². The Morgan fingerprint density at radius 1 is 1.21 bits per heavy atom. The molecule has 0 atom stereocenters. The van der Waals surface area contributed by atoms with E-state index in [0.717, 1.165) is 0 Å². The molecule has 0 bridgehead atoms. The van der Waals surface area contributed by atoms with E-state index in [9.17, 15) is 8.78 Å². The highest BCUT2D eigenvalue weighted by Crippen LogP contribution is 2.32. The molecule has 0 saturated carbocycles. The van der Waals surface area contributed by atoms with Crippen LogP contribution in [0.5, 0.6) is 11.5 Å². The third kappa shape index (κ3) is 4.66. The first-order chi connectivity index (χ1) is 8.92. The number of halogens is 2. The van der Waals surface area contributed by atoms with E-state index in [0.29, 0.717) is 5.69 Å². The fourth-order valence-corrected chi connectivity index (χ4v) is 1.21. The highest BCUT2D eigenvalue weighted by molar-refractivity contribution is 5.93. The summed E-state index contributed by atoms with van der Waals surface area (Å²) in [5.74, 6) is -0.452. The molecule has 0 aliphatic heterocycles. The van der Waals surface area contributed by atoms with Crippen LogP contribution in [0.3, 0.4) is 0 Å². The lowest BCUT2D eigenvalue weighted by molar-refractivity contribution is -0.0512. The Kier molecular flexibility index (Phi) is 4.86. The van der Waals surface area contributed by atoms with Crippen LogP contribution in [0.4, 0.5) is 14.5 Å². The second-order valence-corrected chi connectivity index (χ2v) is 3.22. The Morgan fingerprint density at radius 3 is 2.42 bits per heavy atom. The first-order valence-corrected chi connectivity index (χ1v) is 4.99. The van der Waals surface area contributed by atoms with E-state index < -0.39 is 6.61 Å². The van der Waals surface area contributed by atoms with Gasteiger partial charge in [0.1, 0.15) is 0 Å². The molecular weight excluding hydrogens is 260 g/mol. The Morgan fingerprint density at radius 2 is 1.89 bits per heavy atom. The van der Waals surface area contributed by atoms with Crippen molar-refractivity contribution in [3.05, 3.63) is 18.2 Å². The highest BCUT2D eigenvalue weighted by atomic mass is 19.3. The summed E-state index contributed by atoms with van der Waals surface area (Å²) in [7, 11) is 1.31. The van der Waals surface area contributed by atoms with Crippen molar-refractivity contribution in [3.8, 4) is 11.5 Å². The van der Waals surface area contributed by atoms with Gasteiger partial charge in [0, 0.05) is 6.07 Å². The molecule has 0 heterocycles. The van der Waals surface area contributed by atoms with Gasteiger partial charge in [-0.3, -0.25) is 0 Å². The Bertz CT molecular complexity index is 501. The summed E-state index contributed by atoms with van der Waals surface area (Å²) in [5, 5.41) is 0. The summed E-state index contributed by atoms with van der Waals surface area (Å²) in [4.78, 5) is 7.36. The van der Waals surface area contributed by atoms with E-state index >= 15 is 0 Å². The molecular formula is C10H13F2N5O2. The van der Waals surface area contributed by atoms with Gasteiger partial charge in [-0.2, -0.15) is 13.8 Å². The molecule has 1 aromatic rings. The van der Waals surface area contributed by atoms with Gasteiger partial charge in [-0.25, -0.2) is 4.99 Å². The van der Waals surface area contributed by atoms with Crippen molar-refractivity contribution >= 4 is 17.6 Å². The minimum Gasteiger partial charge on any atom is -0.493 e. The first-order valence-electron chi connectivity index (χ1n) is 4.99. The smallest absolute Gasteiger partial charge is 0.387 e. The van der Waals surface area contributed by atoms with Gasteiger partial charge in [0.25, 0.3) is 0 Å². The van der Waals surface area contributed by atoms with Gasteiger partial charge in [0.2, 0.25) is 5.96 Å². The molecule has 0 radical (unpaired) electrons. The SMILES string of the molecule is COc1cc(N=C(N)N=C(N)N)ccc1OC(F)F. The number of nitrogens with zero attached hydrogens (tertiary/aromatic N) is 2. The second kappa shape index (κ2) is 6.38. The fraction of sp³-hybridized carbons (Fsp3) is 0.200. The lowest BCUT2D eigenvalue weighted by Crippen LogP contribution is -2.26. The first kappa shape index (κ1) is 14.5. The molecule has 6 N–H and O–H groups in total. The summed E-state index contributed by atoms with van der Waals surface area (Å²) in [6.45, 7) is -2.95. The fourth-order valence-electron chi connectivity index (χ4n) is 1.21.